The van der Waals surface area contributed by atoms with Gasteiger partial charge in [0.05, 0.1) is 13.2 Å². The lowest BCUT2D eigenvalue weighted by Crippen LogP contribution is -2.51. The number of hydrogen-bond donors (Lipinski definition) is 4. The van der Waals surface area contributed by atoms with E-state index in [0.29, 0.717) is 16.8 Å². The van der Waals surface area contributed by atoms with Gasteiger partial charge in [-0.1, -0.05) is 30.3 Å². The summed E-state index contributed by atoms with van der Waals surface area (Å²) >= 11 is 10.4. The summed E-state index contributed by atoms with van der Waals surface area (Å²) < 4.78 is 5.32. The Morgan fingerprint density at radius 2 is 1.65 bits per heavy atom. The van der Waals surface area contributed by atoms with Gasteiger partial charge in [-0.15, -0.1) is 0 Å². The predicted octanol–water partition coefficient (Wildman–Crippen LogP) is 0.362. The Bertz CT molecular complexity index is 494. The fourth-order valence-electron chi connectivity index (χ4n) is 2.13. The fourth-order valence-corrected chi connectivity index (χ4v) is 2.41. The zero-order valence-electron chi connectivity index (χ0n) is 13.0. The molecular weight excluding hydrogens is 330 g/mol. The van der Waals surface area contributed by atoms with Gasteiger partial charge in [0.25, 0.3) is 0 Å². The van der Waals surface area contributed by atoms with Gasteiger partial charge in [-0.3, -0.25) is 15.8 Å². The Hall–Kier alpha value is -1.48. The van der Waals surface area contributed by atoms with Gasteiger partial charge in [0, 0.05) is 32.7 Å². The van der Waals surface area contributed by atoms with Crippen LogP contribution in [-0.4, -0.2) is 54.5 Å². The SMILES string of the molecule is S=C(NCCN1CCOCC1)NNC(=S)NCc1ccccc1. The number of rotatable bonds is 5. The lowest BCUT2D eigenvalue weighted by Gasteiger charge is -2.26. The molecular formula is C15H23N5OS2. The number of nitrogens with one attached hydrogen (secondary N) is 4. The molecule has 1 heterocycles. The maximum atomic E-state index is 5.32. The van der Waals surface area contributed by atoms with Crippen LogP contribution in [0.15, 0.2) is 30.3 Å². The van der Waals surface area contributed by atoms with Crippen LogP contribution in [0.2, 0.25) is 0 Å². The Balaban J connectivity index is 1.52. The van der Waals surface area contributed by atoms with E-state index in [1.165, 1.54) is 5.56 Å². The van der Waals surface area contributed by atoms with Crippen LogP contribution in [0, 0.1) is 0 Å². The van der Waals surface area contributed by atoms with E-state index in [9.17, 15) is 0 Å². The zero-order chi connectivity index (χ0) is 16.3. The van der Waals surface area contributed by atoms with Crippen LogP contribution in [0.25, 0.3) is 0 Å². The highest BCUT2D eigenvalue weighted by atomic mass is 32.1. The second kappa shape index (κ2) is 10.3. The van der Waals surface area contributed by atoms with E-state index in [-0.39, 0.29) is 0 Å². The van der Waals surface area contributed by atoms with Crippen molar-refractivity contribution in [3.05, 3.63) is 35.9 Å². The van der Waals surface area contributed by atoms with Gasteiger partial charge in [0.2, 0.25) is 0 Å². The molecule has 1 aliphatic heterocycles. The molecule has 2 rings (SSSR count). The van der Waals surface area contributed by atoms with Crippen molar-refractivity contribution in [3.8, 4) is 0 Å². The van der Waals surface area contributed by atoms with Gasteiger partial charge in [-0.25, -0.2) is 0 Å². The highest BCUT2D eigenvalue weighted by Crippen LogP contribution is 1.96. The monoisotopic (exact) mass is 353 g/mol. The first-order valence-electron chi connectivity index (χ1n) is 7.66. The van der Waals surface area contributed by atoms with E-state index in [1.807, 2.05) is 30.3 Å². The van der Waals surface area contributed by atoms with Crippen molar-refractivity contribution in [1.82, 2.24) is 26.4 Å². The van der Waals surface area contributed by atoms with E-state index in [4.69, 9.17) is 29.2 Å². The van der Waals surface area contributed by atoms with Gasteiger partial charge in [0.1, 0.15) is 0 Å². The standard InChI is InChI=1S/C15H23N5OS2/c22-14(16-6-7-20-8-10-21-11-9-20)18-19-15(23)17-12-13-4-2-1-3-5-13/h1-5H,6-12H2,(H2,16,18,22)(H2,17,19,23). The summed E-state index contributed by atoms with van der Waals surface area (Å²) in [5, 5.41) is 7.29. The average Bonchev–Trinajstić information content (AvgIpc) is 2.60. The topological polar surface area (TPSA) is 60.6 Å². The molecule has 0 aliphatic carbocycles. The fraction of sp³-hybridized carbons (Fsp3) is 0.467. The largest absolute Gasteiger partial charge is 0.379 e. The van der Waals surface area contributed by atoms with E-state index < -0.39 is 0 Å². The Labute approximate surface area is 147 Å². The Morgan fingerprint density at radius 3 is 2.35 bits per heavy atom. The van der Waals surface area contributed by atoms with Crippen LogP contribution >= 0.6 is 24.4 Å². The molecule has 0 radical (unpaired) electrons. The third-order valence-corrected chi connectivity index (χ3v) is 3.90. The van der Waals surface area contributed by atoms with Crippen molar-refractivity contribution < 1.29 is 4.74 Å². The quantitative estimate of drug-likeness (QED) is 0.447. The van der Waals surface area contributed by atoms with Crippen LogP contribution in [0.4, 0.5) is 0 Å². The van der Waals surface area contributed by atoms with Crippen molar-refractivity contribution >= 4 is 34.7 Å². The van der Waals surface area contributed by atoms with Gasteiger partial charge >= 0.3 is 0 Å². The minimum atomic E-state index is 0.506. The number of thiocarbonyl (C=S) groups is 2. The maximum absolute atomic E-state index is 5.32. The van der Waals surface area contributed by atoms with Gasteiger partial charge in [-0.05, 0) is 30.0 Å². The maximum Gasteiger partial charge on any atom is 0.185 e. The molecule has 23 heavy (non-hydrogen) atoms. The van der Waals surface area contributed by atoms with Crippen molar-refractivity contribution in [1.29, 1.82) is 0 Å². The molecule has 0 atom stereocenters. The Kier molecular flexibility index (Phi) is 8.02. The van der Waals surface area contributed by atoms with Crippen LogP contribution < -0.4 is 21.5 Å². The van der Waals surface area contributed by atoms with E-state index in [2.05, 4.69) is 26.4 Å². The van der Waals surface area contributed by atoms with Gasteiger partial charge in [-0.2, -0.15) is 0 Å². The lowest BCUT2D eigenvalue weighted by atomic mass is 10.2. The second-order valence-electron chi connectivity index (χ2n) is 5.13. The second-order valence-corrected chi connectivity index (χ2v) is 5.94. The smallest absolute Gasteiger partial charge is 0.185 e. The summed E-state index contributed by atoms with van der Waals surface area (Å²) in [4.78, 5) is 2.35. The molecule has 1 saturated heterocycles. The molecule has 0 bridgehead atoms. The van der Waals surface area contributed by atoms with E-state index in [1.54, 1.807) is 0 Å². The molecule has 1 aliphatic rings. The van der Waals surface area contributed by atoms with Crippen LogP contribution in [-0.2, 0) is 11.3 Å². The molecule has 1 aromatic carbocycles. The summed E-state index contributed by atoms with van der Waals surface area (Å²) in [7, 11) is 0. The molecule has 0 aromatic heterocycles. The van der Waals surface area contributed by atoms with Crippen molar-refractivity contribution in [2.24, 2.45) is 0 Å². The van der Waals surface area contributed by atoms with E-state index >= 15 is 0 Å². The molecule has 0 amide bonds. The summed E-state index contributed by atoms with van der Waals surface area (Å²) in [6.45, 7) is 5.99. The first-order chi connectivity index (χ1) is 11.2. The van der Waals surface area contributed by atoms with Gasteiger partial charge in [0.15, 0.2) is 10.2 Å². The van der Waals surface area contributed by atoms with Crippen molar-refractivity contribution in [2.45, 2.75) is 6.54 Å². The molecule has 0 saturated carbocycles. The summed E-state index contributed by atoms with van der Waals surface area (Å²) in [6.07, 6.45) is 0. The minimum absolute atomic E-state index is 0.506. The van der Waals surface area contributed by atoms with Crippen molar-refractivity contribution in [3.63, 3.8) is 0 Å². The minimum Gasteiger partial charge on any atom is -0.379 e. The van der Waals surface area contributed by atoms with Crippen molar-refractivity contribution in [2.75, 3.05) is 39.4 Å². The number of hydrazine groups is 1. The summed E-state index contributed by atoms with van der Waals surface area (Å²) in [5.74, 6) is 0. The third-order valence-electron chi connectivity index (χ3n) is 3.40. The molecule has 1 aromatic rings. The molecule has 1 fully saturated rings. The Morgan fingerprint density at radius 1 is 1.00 bits per heavy atom. The molecule has 0 unspecified atom stereocenters. The third kappa shape index (κ3) is 7.56. The zero-order valence-corrected chi connectivity index (χ0v) is 14.6. The van der Waals surface area contributed by atoms with E-state index in [0.717, 1.165) is 39.4 Å². The molecule has 4 N–H and O–H groups in total. The lowest BCUT2D eigenvalue weighted by molar-refractivity contribution is 0.0389. The van der Waals surface area contributed by atoms with Gasteiger partial charge < -0.3 is 15.4 Å². The average molecular weight is 354 g/mol. The highest BCUT2D eigenvalue weighted by Gasteiger charge is 2.09. The molecule has 126 valence electrons. The first kappa shape index (κ1) is 17.9. The van der Waals surface area contributed by atoms with Crippen LogP contribution in [0.5, 0.6) is 0 Å². The highest BCUT2D eigenvalue weighted by molar-refractivity contribution is 7.80. The number of benzene rings is 1. The summed E-state index contributed by atoms with van der Waals surface area (Å²) in [6, 6.07) is 10.1. The van der Waals surface area contributed by atoms with Crippen LogP contribution in [0.1, 0.15) is 5.56 Å². The number of morpholine rings is 1. The first-order valence-corrected chi connectivity index (χ1v) is 8.47. The molecule has 6 nitrogen and oxygen atoms in total. The molecule has 0 spiro atoms. The molecule has 8 heteroatoms. The predicted molar refractivity (Wildman–Crippen MR) is 100 cm³/mol. The normalized spacial score (nSPS) is 14.8. The number of hydrogen-bond acceptors (Lipinski definition) is 4. The summed E-state index contributed by atoms with van der Waals surface area (Å²) in [5.41, 5.74) is 6.92. The number of nitrogens with zero attached hydrogens (tertiary/aromatic N) is 1. The number of ether oxygens (including phenoxy) is 1. The van der Waals surface area contributed by atoms with Crippen LogP contribution in [0.3, 0.4) is 0 Å².